The van der Waals surface area contributed by atoms with E-state index in [9.17, 15) is 14.7 Å². The van der Waals surface area contributed by atoms with Gasteiger partial charge in [-0.2, -0.15) is 0 Å². The summed E-state index contributed by atoms with van der Waals surface area (Å²) in [6.45, 7) is 7.52. The van der Waals surface area contributed by atoms with Crippen LogP contribution in [0.15, 0.2) is 58.5 Å². The maximum Gasteiger partial charge on any atom is 0.300 e. The number of anilines is 1. The number of benzene rings is 2. The van der Waals surface area contributed by atoms with Crippen LogP contribution in [0.4, 0.5) is 5.69 Å². The number of Topliss-reactive ketones (excluding diaryl/α,β-unsaturated/α-hetero) is 1. The zero-order valence-corrected chi connectivity index (χ0v) is 18.7. The number of carbonyl (C=O) groups is 2. The second-order valence-corrected chi connectivity index (χ2v) is 8.17. The van der Waals surface area contributed by atoms with Gasteiger partial charge in [-0.3, -0.25) is 14.5 Å². The van der Waals surface area contributed by atoms with Gasteiger partial charge in [0.2, 0.25) is 0 Å². The Kier molecular flexibility index (Phi) is 5.38. The molecule has 1 fully saturated rings. The number of hydrogen-bond acceptors (Lipinski definition) is 5. The lowest BCUT2D eigenvalue weighted by Gasteiger charge is -2.24. The van der Waals surface area contributed by atoms with Crippen molar-refractivity contribution in [1.82, 2.24) is 0 Å². The number of methoxy groups -OCH3 is 1. The molecule has 0 spiro atoms. The average molecular weight is 431 g/mol. The summed E-state index contributed by atoms with van der Waals surface area (Å²) in [5.41, 5.74) is 3.67. The van der Waals surface area contributed by atoms with Gasteiger partial charge < -0.3 is 14.3 Å². The van der Waals surface area contributed by atoms with Crippen molar-refractivity contribution in [2.24, 2.45) is 0 Å². The maximum atomic E-state index is 13.3. The van der Waals surface area contributed by atoms with Crippen LogP contribution in [0.2, 0.25) is 0 Å². The molecule has 6 nitrogen and oxygen atoms in total. The monoisotopic (exact) mass is 431 g/mol. The van der Waals surface area contributed by atoms with E-state index >= 15 is 0 Å². The highest BCUT2D eigenvalue weighted by Crippen LogP contribution is 2.44. The lowest BCUT2D eigenvalue weighted by atomic mass is 9.97. The number of rotatable bonds is 4. The molecule has 2 aromatic carbocycles. The first-order valence-electron chi connectivity index (χ1n) is 10.3. The lowest BCUT2D eigenvalue weighted by molar-refractivity contribution is -0.132. The fourth-order valence-corrected chi connectivity index (χ4v) is 4.21. The minimum absolute atomic E-state index is 0.0348. The fraction of sp³-hybridized carbons (Fsp3) is 0.231. The van der Waals surface area contributed by atoms with E-state index in [0.717, 1.165) is 16.7 Å². The van der Waals surface area contributed by atoms with Crippen molar-refractivity contribution < 1.29 is 23.8 Å². The molecule has 1 aromatic heterocycles. The van der Waals surface area contributed by atoms with E-state index in [1.54, 1.807) is 31.2 Å². The predicted octanol–water partition coefficient (Wildman–Crippen LogP) is 5.15. The highest BCUT2D eigenvalue weighted by molar-refractivity contribution is 6.51. The van der Waals surface area contributed by atoms with Gasteiger partial charge in [-0.25, -0.2) is 0 Å². The minimum atomic E-state index is -0.907. The molecule has 164 valence electrons. The van der Waals surface area contributed by atoms with Gasteiger partial charge in [0.1, 0.15) is 29.1 Å². The van der Waals surface area contributed by atoms with E-state index in [-0.39, 0.29) is 11.3 Å². The smallest absolute Gasteiger partial charge is 0.300 e. The average Bonchev–Trinajstić information content (AvgIpc) is 3.28. The number of aliphatic hydroxyl groups is 1. The summed E-state index contributed by atoms with van der Waals surface area (Å²) < 4.78 is 11.3. The van der Waals surface area contributed by atoms with Crippen molar-refractivity contribution in [2.45, 2.75) is 33.7 Å². The zero-order chi connectivity index (χ0) is 23.2. The molecule has 1 amide bonds. The molecule has 1 aliphatic rings. The van der Waals surface area contributed by atoms with E-state index < -0.39 is 17.7 Å². The summed E-state index contributed by atoms with van der Waals surface area (Å²) in [6, 6.07) is 13.5. The van der Waals surface area contributed by atoms with Gasteiger partial charge in [-0.15, -0.1) is 0 Å². The third kappa shape index (κ3) is 3.58. The van der Waals surface area contributed by atoms with Crippen molar-refractivity contribution in [3.63, 3.8) is 0 Å². The van der Waals surface area contributed by atoms with Crippen LogP contribution in [-0.4, -0.2) is 23.9 Å². The molecule has 1 aliphatic heterocycles. The lowest BCUT2D eigenvalue weighted by Crippen LogP contribution is -2.29. The Morgan fingerprint density at radius 2 is 1.62 bits per heavy atom. The molecule has 0 bridgehead atoms. The van der Waals surface area contributed by atoms with E-state index in [2.05, 4.69) is 0 Å². The Bertz CT molecular complexity index is 1250. The Balaban J connectivity index is 1.99. The highest BCUT2D eigenvalue weighted by atomic mass is 16.5. The number of amides is 1. The summed E-state index contributed by atoms with van der Waals surface area (Å²) in [5, 5.41) is 11.3. The topological polar surface area (TPSA) is 80.0 Å². The first-order valence-corrected chi connectivity index (χ1v) is 10.3. The van der Waals surface area contributed by atoms with Gasteiger partial charge in [0.15, 0.2) is 0 Å². The summed E-state index contributed by atoms with van der Waals surface area (Å²) >= 11 is 0. The molecule has 4 rings (SSSR count). The third-order valence-corrected chi connectivity index (χ3v) is 5.57. The van der Waals surface area contributed by atoms with Gasteiger partial charge in [0, 0.05) is 5.69 Å². The molecular formula is C26H25NO5. The molecule has 0 saturated carbocycles. The van der Waals surface area contributed by atoms with Crippen LogP contribution in [0, 0.1) is 27.7 Å². The molecule has 1 N–H and O–H groups in total. The number of aliphatic hydroxyl groups excluding tert-OH is 1. The van der Waals surface area contributed by atoms with Crippen LogP contribution >= 0.6 is 0 Å². The van der Waals surface area contributed by atoms with E-state index in [4.69, 9.17) is 9.15 Å². The van der Waals surface area contributed by atoms with Crippen molar-refractivity contribution in [2.75, 3.05) is 12.0 Å². The van der Waals surface area contributed by atoms with Gasteiger partial charge in [-0.1, -0.05) is 17.7 Å². The molecule has 6 heteroatoms. The molecule has 1 atom stereocenters. The normalized spacial score (nSPS) is 17.8. The van der Waals surface area contributed by atoms with Crippen LogP contribution in [0.25, 0.3) is 5.76 Å². The third-order valence-electron chi connectivity index (χ3n) is 5.57. The Hall–Kier alpha value is -3.80. The van der Waals surface area contributed by atoms with Crippen LogP contribution in [0.1, 0.15) is 39.8 Å². The highest BCUT2D eigenvalue weighted by Gasteiger charge is 2.48. The summed E-state index contributed by atoms with van der Waals surface area (Å²) in [6.07, 6.45) is 0. The summed E-state index contributed by atoms with van der Waals surface area (Å²) in [7, 11) is 1.49. The molecule has 0 radical (unpaired) electrons. The number of ether oxygens (including phenoxy) is 1. The van der Waals surface area contributed by atoms with E-state index in [0.29, 0.717) is 28.5 Å². The van der Waals surface area contributed by atoms with Crippen LogP contribution in [-0.2, 0) is 9.59 Å². The molecule has 3 aromatic rings. The first kappa shape index (κ1) is 21.4. The molecule has 1 saturated heterocycles. The van der Waals surface area contributed by atoms with Crippen LogP contribution in [0.3, 0.4) is 0 Å². The zero-order valence-electron chi connectivity index (χ0n) is 18.7. The fourth-order valence-electron chi connectivity index (χ4n) is 4.21. The number of aryl methyl sites for hydroxylation is 4. The number of furan rings is 1. The molecule has 1 unspecified atom stereocenters. The number of hydrogen-bond donors (Lipinski definition) is 1. The minimum Gasteiger partial charge on any atom is -0.507 e. The standard InChI is InChI=1S/C26H25NO5/c1-14-6-8-20(31-5)19(13-14)24(28)22-23(21-9-7-17(4)32-21)27(26(30)25(22)29)18-11-15(2)10-16(3)12-18/h6-13,23,28H,1-5H3/b24-22+. The second-order valence-electron chi connectivity index (χ2n) is 8.17. The Morgan fingerprint density at radius 1 is 0.938 bits per heavy atom. The number of nitrogens with zero attached hydrogens (tertiary/aromatic N) is 1. The quantitative estimate of drug-likeness (QED) is 0.351. The maximum absolute atomic E-state index is 13.3. The van der Waals surface area contributed by atoms with Gasteiger partial charge in [-0.05, 0) is 75.2 Å². The van der Waals surface area contributed by atoms with Gasteiger partial charge >= 0.3 is 0 Å². The largest absolute Gasteiger partial charge is 0.507 e. The molecule has 32 heavy (non-hydrogen) atoms. The van der Waals surface area contributed by atoms with Gasteiger partial charge in [0.05, 0.1) is 18.2 Å². The van der Waals surface area contributed by atoms with Crippen molar-refractivity contribution in [3.8, 4) is 5.75 Å². The van der Waals surface area contributed by atoms with Crippen molar-refractivity contribution >= 4 is 23.1 Å². The summed E-state index contributed by atoms with van der Waals surface area (Å²) in [4.78, 5) is 27.9. The van der Waals surface area contributed by atoms with Crippen molar-refractivity contribution in [1.29, 1.82) is 0 Å². The number of ketones is 1. The van der Waals surface area contributed by atoms with Gasteiger partial charge in [0.25, 0.3) is 11.7 Å². The van der Waals surface area contributed by atoms with Crippen LogP contribution in [0.5, 0.6) is 5.75 Å². The predicted molar refractivity (Wildman–Crippen MR) is 122 cm³/mol. The second kappa shape index (κ2) is 8.04. The van der Waals surface area contributed by atoms with Crippen LogP contribution < -0.4 is 9.64 Å². The van der Waals surface area contributed by atoms with Crippen molar-refractivity contribution in [3.05, 3.63) is 87.9 Å². The van der Waals surface area contributed by atoms with E-state index in [1.165, 1.54) is 12.0 Å². The Morgan fingerprint density at radius 3 is 2.22 bits per heavy atom. The molecular weight excluding hydrogens is 406 g/mol. The van der Waals surface area contributed by atoms with E-state index in [1.807, 2.05) is 45.0 Å². The SMILES string of the molecule is COc1ccc(C)cc1/C(O)=C1\C(=O)C(=O)N(c2cc(C)cc(C)c2)C1c1ccc(C)o1. The number of carbonyl (C=O) groups excluding carboxylic acids is 2. The first-order chi connectivity index (χ1) is 15.2. The molecule has 2 heterocycles. The molecule has 0 aliphatic carbocycles. The Labute approximate surface area is 186 Å². The summed E-state index contributed by atoms with van der Waals surface area (Å²) in [5.74, 6) is -0.352.